The van der Waals surface area contributed by atoms with Gasteiger partial charge in [-0.25, -0.2) is 0 Å². The molecule has 1 amide bonds. The Kier molecular flexibility index (Phi) is 4.89. The Morgan fingerprint density at radius 3 is 2.72 bits per heavy atom. The maximum atomic E-state index is 12.4. The summed E-state index contributed by atoms with van der Waals surface area (Å²) in [7, 11) is 0. The molecule has 1 aromatic carbocycles. The quantitative estimate of drug-likeness (QED) is 0.551. The van der Waals surface area contributed by atoms with Gasteiger partial charge in [0.05, 0.1) is 12.2 Å². The molecule has 1 aliphatic heterocycles. The van der Waals surface area contributed by atoms with E-state index in [0.29, 0.717) is 29.2 Å². The summed E-state index contributed by atoms with van der Waals surface area (Å²) in [5.74, 6) is -0.500. The lowest BCUT2D eigenvalue weighted by Gasteiger charge is -2.40. The number of para-hydroxylation sites is 1. The van der Waals surface area contributed by atoms with Gasteiger partial charge in [0.2, 0.25) is 5.88 Å². The number of hydrogen-bond donors (Lipinski definition) is 1. The van der Waals surface area contributed by atoms with Gasteiger partial charge >= 0.3 is 5.91 Å². The second-order valence-electron chi connectivity index (χ2n) is 10.4. The molecule has 1 saturated carbocycles. The number of carbonyl (C=O) groups excluding carboxylic acids is 1. The first kappa shape index (κ1) is 20.8. The molecule has 3 heterocycles. The van der Waals surface area contributed by atoms with Crippen LogP contribution in [0.3, 0.4) is 0 Å². The predicted molar refractivity (Wildman–Crippen MR) is 123 cm³/mol. The number of azo groups is 1. The largest absolute Gasteiger partial charge is 0.493 e. The maximum absolute atomic E-state index is 12.4. The summed E-state index contributed by atoms with van der Waals surface area (Å²) >= 11 is 0. The summed E-state index contributed by atoms with van der Waals surface area (Å²) in [5, 5.41) is 19.9. The summed E-state index contributed by atoms with van der Waals surface area (Å²) in [6, 6.07) is 13.3. The van der Waals surface area contributed by atoms with Gasteiger partial charge in [-0.1, -0.05) is 45.0 Å². The normalized spacial score (nSPS) is 25.0. The van der Waals surface area contributed by atoms with Gasteiger partial charge < -0.3 is 5.11 Å². The van der Waals surface area contributed by atoms with Gasteiger partial charge in [-0.3, -0.25) is 19.2 Å². The smallest absolute Gasteiger partial charge is 0.313 e. The number of hydrogen-bond acceptors (Lipinski definition) is 5. The fourth-order valence-corrected chi connectivity index (χ4v) is 6.07. The zero-order chi connectivity index (χ0) is 22.5. The van der Waals surface area contributed by atoms with Crippen LogP contribution in [0.2, 0.25) is 0 Å². The van der Waals surface area contributed by atoms with Crippen molar-refractivity contribution in [3.63, 3.8) is 0 Å². The van der Waals surface area contributed by atoms with Crippen LogP contribution in [0.5, 0.6) is 5.88 Å². The highest BCUT2D eigenvalue weighted by Gasteiger charge is 2.49. The molecule has 0 radical (unpaired) electrons. The number of amides is 1. The standard InChI is InChI=1S/C25H29N5O2/c1-24(2)12-17-13-25(3,14-24)15-29(17)16-30-20-10-5-4-8-18(20)21(23(30)32)27-28-22(31)19-9-6-7-11-26-19/h4-11,17,32H,12-16H2,1-3H3/t17-,25-/m0/s1. The molecule has 1 N–H and O–H groups in total. The second-order valence-corrected chi connectivity index (χ2v) is 10.4. The van der Waals surface area contributed by atoms with Gasteiger partial charge in [0.15, 0.2) is 5.69 Å². The van der Waals surface area contributed by atoms with E-state index in [9.17, 15) is 9.90 Å². The van der Waals surface area contributed by atoms with E-state index < -0.39 is 5.91 Å². The van der Waals surface area contributed by atoms with E-state index in [1.54, 1.807) is 24.4 Å². The van der Waals surface area contributed by atoms with E-state index in [4.69, 9.17) is 0 Å². The van der Waals surface area contributed by atoms with Crippen molar-refractivity contribution in [2.24, 2.45) is 21.1 Å². The van der Waals surface area contributed by atoms with Crippen LogP contribution in [-0.4, -0.2) is 38.1 Å². The zero-order valence-electron chi connectivity index (χ0n) is 18.8. The van der Waals surface area contributed by atoms with E-state index in [-0.39, 0.29) is 11.6 Å². The van der Waals surface area contributed by atoms with Gasteiger partial charge in [-0.05, 0) is 48.3 Å². The molecule has 166 valence electrons. The van der Waals surface area contributed by atoms with Crippen molar-refractivity contribution < 1.29 is 9.90 Å². The highest BCUT2D eigenvalue weighted by Crippen LogP contribution is 2.53. The lowest BCUT2D eigenvalue weighted by atomic mass is 9.65. The summed E-state index contributed by atoms with van der Waals surface area (Å²) in [4.78, 5) is 18.9. The molecule has 2 aromatic heterocycles. The van der Waals surface area contributed by atoms with Crippen molar-refractivity contribution >= 4 is 22.5 Å². The zero-order valence-corrected chi connectivity index (χ0v) is 18.8. The summed E-state index contributed by atoms with van der Waals surface area (Å²) in [5.41, 5.74) is 2.06. The molecule has 32 heavy (non-hydrogen) atoms. The van der Waals surface area contributed by atoms with Crippen molar-refractivity contribution in [1.82, 2.24) is 14.5 Å². The van der Waals surface area contributed by atoms with Gasteiger partial charge in [-0.2, -0.15) is 0 Å². The van der Waals surface area contributed by atoms with Crippen LogP contribution in [0.4, 0.5) is 5.69 Å². The Morgan fingerprint density at radius 1 is 1.16 bits per heavy atom. The summed E-state index contributed by atoms with van der Waals surface area (Å²) in [6.45, 7) is 8.72. The minimum absolute atomic E-state index is 0.0367. The molecule has 2 atom stereocenters. The number of fused-ring (bicyclic) bond motifs is 3. The highest BCUT2D eigenvalue weighted by molar-refractivity contribution is 5.96. The van der Waals surface area contributed by atoms with Crippen LogP contribution in [-0.2, 0) is 6.67 Å². The lowest BCUT2D eigenvalue weighted by molar-refractivity contribution is 0.0990. The van der Waals surface area contributed by atoms with Crippen LogP contribution < -0.4 is 0 Å². The topological polar surface area (TPSA) is 83.1 Å². The van der Waals surface area contributed by atoms with Gasteiger partial charge in [0, 0.05) is 24.2 Å². The SMILES string of the molecule is CC1(C)C[C@H]2C[C@](C)(CN2Cn2c(O)c(N=NC(=O)c3ccccn3)c3ccccc32)C1. The van der Waals surface area contributed by atoms with Crippen molar-refractivity contribution in [2.75, 3.05) is 6.54 Å². The number of nitrogens with zero attached hydrogens (tertiary/aromatic N) is 5. The molecule has 0 unspecified atom stereocenters. The Morgan fingerprint density at radius 2 is 1.94 bits per heavy atom. The fourth-order valence-electron chi connectivity index (χ4n) is 6.07. The molecule has 1 saturated heterocycles. The molecular formula is C25H29N5O2. The first-order chi connectivity index (χ1) is 15.2. The van der Waals surface area contributed by atoms with Gasteiger partial charge in [-0.15, -0.1) is 10.2 Å². The molecule has 1 aliphatic carbocycles. The van der Waals surface area contributed by atoms with Crippen molar-refractivity contribution in [2.45, 2.75) is 52.7 Å². The maximum Gasteiger partial charge on any atom is 0.313 e. The predicted octanol–water partition coefficient (Wildman–Crippen LogP) is 5.52. The van der Waals surface area contributed by atoms with Gasteiger partial charge in [0.25, 0.3) is 0 Å². The van der Waals surface area contributed by atoms with E-state index in [1.165, 1.54) is 12.8 Å². The minimum Gasteiger partial charge on any atom is -0.493 e. The third-order valence-electron chi connectivity index (χ3n) is 6.89. The van der Waals surface area contributed by atoms with Crippen LogP contribution in [0.25, 0.3) is 10.9 Å². The number of benzene rings is 1. The number of pyridine rings is 1. The number of likely N-dealkylation sites (tertiary alicyclic amines) is 1. The average Bonchev–Trinajstić information content (AvgIpc) is 3.15. The van der Waals surface area contributed by atoms with Crippen LogP contribution in [0, 0.1) is 10.8 Å². The third kappa shape index (κ3) is 3.71. The molecule has 7 heteroatoms. The monoisotopic (exact) mass is 431 g/mol. The van der Waals surface area contributed by atoms with Crippen molar-refractivity contribution in [3.05, 3.63) is 54.4 Å². The van der Waals surface area contributed by atoms with E-state index in [2.05, 4.69) is 40.9 Å². The second kappa shape index (κ2) is 7.52. The molecule has 3 aromatic rings. The van der Waals surface area contributed by atoms with Crippen molar-refractivity contribution in [1.29, 1.82) is 0 Å². The third-order valence-corrected chi connectivity index (χ3v) is 6.89. The molecule has 2 aliphatic rings. The Bertz CT molecular complexity index is 1200. The molecule has 7 nitrogen and oxygen atoms in total. The van der Waals surface area contributed by atoms with Crippen LogP contribution >= 0.6 is 0 Å². The Balaban J connectivity index is 1.47. The minimum atomic E-state index is -0.537. The summed E-state index contributed by atoms with van der Waals surface area (Å²) < 4.78 is 1.89. The van der Waals surface area contributed by atoms with E-state index >= 15 is 0 Å². The van der Waals surface area contributed by atoms with Crippen LogP contribution in [0.15, 0.2) is 58.9 Å². The van der Waals surface area contributed by atoms with Gasteiger partial charge in [0.1, 0.15) is 5.69 Å². The number of carbonyl (C=O) groups is 1. The lowest BCUT2D eigenvalue weighted by Crippen LogP contribution is -2.35. The highest BCUT2D eigenvalue weighted by atomic mass is 16.3. The Labute approximate surface area is 187 Å². The number of aromatic nitrogens is 2. The molecule has 5 rings (SSSR count). The van der Waals surface area contributed by atoms with E-state index in [0.717, 1.165) is 23.9 Å². The molecular weight excluding hydrogens is 402 g/mol. The Hall–Kier alpha value is -3.06. The van der Waals surface area contributed by atoms with Crippen LogP contribution in [0.1, 0.15) is 50.5 Å². The fraction of sp³-hybridized carbons (Fsp3) is 0.440. The first-order valence-electron chi connectivity index (χ1n) is 11.2. The summed E-state index contributed by atoms with van der Waals surface area (Å²) in [6.07, 6.45) is 5.12. The molecule has 2 bridgehead atoms. The number of rotatable bonds is 4. The van der Waals surface area contributed by atoms with Crippen molar-refractivity contribution in [3.8, 4) is 5.88 Å². The number of aromatic hydroxyl groups is 1. The molecule has 0 spiro atoms. The average molecular weight is 432 g/mol. The molecule has 2 fully saturated rings. The van der Waals surface area contributed by atoms with E-state index in [1.807, 2.05) is 28.8 Å². The first-order valence-corrected chi connectivity index (χ1v) is 11.2.